The Morgan fingerprint density at radius 2 is 1.61 bits per heavy atom. The fourth-order valence-electron chi connectivity index (χ4n) is 6.50. The van der Waals surface area contributed by atoms with Gasteiger partial charge in [-0.25, -0.2) is 0 Å². The number of aromatic amines is 1. The molecule has 1 aromatic heterocycles. The largest absolute Gasteiger partial charge is 0.497 e. The number of aromatic nitrogens is 1. The molecule has 3 aromatic carbocycles. The lowest BCUT2D eigenvalue weighted by atomic mass is 9.68. The Kier molecular flexibility index (Phi) is 6.51. The zero-order valence-corrected chi connectivity index (χ0v) is 22.2. The van der Waals surface area contributed by atoms with Gasteiger partial charge in [-0.1, -0.05) is 30.3 Å². The van der Waals surface area contributed by atoms with Gasteiger partial charge in [0.15, 0.2) is 0 Å². The molecule has 0 saturated carbocycles. The van der Waals surface area contributed by atoms with Crippen molar-refractivity contribution < 1.29 is 19.3 Å². The van der Waals surface area contributed by atoms with Crippen molar-refractivity contribution in [3.05, 3.63) is 89.1 Å². The van der Waals surface area contributed by atoms with E-state index in [9.17, 15) is 5.11 Å². The summed E-state index contributed by atoms with van der Waals surface area (Å²) in [4.78, 5) is 8.61. The van der Waals surface area contributed by atoms with Gasteiger partial charge in [-0.05, 0) is 41.5 Å². The minimum Gasteiger partial charge on any atom is -0.497 e. The molecule has 1 fully saturated rings. The van der Waals surface area contributed by atoms with Crippen LogP contribution in [0.15, 0.2) is 66.7 Å². The van der Waals surface area contributed by atoms with Crippen molar-refractivity contribution in [3.63, 3.8) is 0 Å². The van der Waals surface area contributed by atoms with Crippen LogP contribution in [-0.4, -0.2) is 67.5 Å². The molecule has 2 aliphatic heterocycles. The number of nitrogens with one attached hydrogen (secondary N) is 1. The standard InChI is InChI=1S/C31H35N3O4/c1-36-23-10-8-21(9-11-23)15-34-20-31(18-33(19-31)16-22-6-4-5-7-28(22)38-3)29-25-13-12-24(37-2)14-26(25)32-30(29)27(34)17-35/h4-14,27,32,35H,15-20H2,1-3H3/t27-/m0/s1. The van der Waals surface area contributed by atoms with Gasteiger partial charge in [-0.3, -0.25) is 9.80 Å². The van der Waals surface area contributed by atoms with Crippen LogP contribution in [0.3, 0.4) is 0 Å². The highest BCUT2D eigenvalue weighted by atomic mass is 16.5. The van der Waals surface area contributed by atoms with Gasteiger partial charge in [-0.15, -0.1) is 0 Å². The molecule has 0 bridgehead atoms. The lowest BCUT2D eigenvalue weighted by Crippen LogP contribution is -2.65. The Hall–Kier alpha value is -3.52. The van der Waals surface area contributed by atoms with E-state index >= 15 is 0 Å². The number of rotatable bonds is 8. The van der Waals surface area contributed by atoms with Crippen LogP contribution in [0.2, 0.25) is 0 Å². The van der Waals surface area contributed by atoms with Crippen molar-refractivity contribution in [2.45, 2.75) is 24.5 Å². The Labute approximate surface area is 223 Å². The first kappa shape index (κ1) is 24.8. The summed E-state index contributed by atoms with van der Waals surface area (Å²) < 4.78 is 16.5. The number of hydrogen-bond donors (Lipinski definition) is 2. The predicted molar refractivity (Wildman–Crippen MR) is 148 cm³/mol. The fraction of sp³-hybridized carbons (Fsp3) is 0.355. The molecule has 4 aromatic rings. The second-order valence-electron chi connectivity index (χ2n) is 10.5. The van der Waals surface area contributed by atoms with E-state index in [2.05, 4.69) is 51.2 Å². The van der Waals surface area contributed by atoms with E-state index in [4.69, 9.17) is 14.2 Å². The summed E-state index contributed by atoms with van der Waals surface area (Å²) in [5.41, 5.74) is 5.88. The number of hydrogen-bond acceptors (Lipinski definition) is 6. The van der Waals surface area contributed by atoms with Crippen LogP contribution in [-0.2, 0) is 18.5 Å². The van der Waals surface area contributed by atoms with Crippen LogP contribution in [0, 0.1) is 0 Å². The fourth-order valence-corrected chi connectivity index (χ4v) is 6.50. The van der Waals surface area contributed by atoms with Gasteiger partial charge >= 0.3 is 0 Å². The van der Waals surface area contributed by atoms with Crippen molar-refractivity contribution in [1.29, 1.82) is 0 Å². The second kappa shape index (κ2) is 9.98. The number of nitrogens with zero attached hydrogens (tertiary/aromatic N) is 2. The molecule has 7 heteroatoms. The molecule has 38 heavy (non-hydrogen) atoms. The van der Waals surface area contributed by atoms with Gasteiger partial charge in [0.25, 0.3) is 0 Å². The van der Waals surface area contributed by atoms with Crippen LogP contribution >= 0.6 is 0 Å². The highest BCUT2D eigenvalue weighted by molar-refractivity contribution is 5.88. The third-order valence-corrected chi connectivity index (χ3v) is 8.20. The minimum absolute atomic E-state index is 0.0394. The maximum Gasteiger partial charge on any atom is 0.123 e. The SMILES string of the molecule is COc1ccc(CN2CC3(CN(Cc4ccccc4OC)C3)c3c([nH]c4cc(OC)ccc34)[C@@H]2CO)cc1. The van der Waals surface area contributed by atoms with Gasteiger partial charge < -0.3 is 24.3 Å². The van der Waals surface area contributed by atoms with E-state index in [1.807, 2.05) is 30.3 Å². The molecule has 0 radical (unpaired) electrons. The number of aliphatic hydroxyl groups is 1. The molecule has 6 rings (SSSR count). The van der Waals surface area contributed by atoms with E-state index in [1.54, 1.807) is 21.3 Å². The molecule has 1 atom stereocenters. The summed E-state index contributed by atoms with van der Waals surface area (Å²) in [6.45, 7) is 4.40. The van der Waals surface area contributed by atoms with Gasteiger partial charge in [-0.2, -0.15) is 0 Å². The zero-order valence-electron chi connectivity index (χ0n) is 22.2. The number of aliphatic hydroxyl groups excluding tert-OH is 1. The lowest BCUT2D eigenvalue weighted by Gasteiger charge is -2.56. The van der Waals surface area contributed by atoms with Gasteiger partial charge in [0.1, 0.15) is 17.2 Å². The summed E-state index contributed by atoms with van der Waals surface area (Å²) in [6, 6.07) is 22.6. The average Bonchev–Trinajstić information content (AvgIpc) is 3.32. The molecule has 0 unspecified atom stereocenters. The number of fused-ring (bicyclic) bond motifs is 4. The van der Waals surface area contributed by atoms with Crippen molar-refractivity contribution in [2.75, 3.05) is 47.6 Å². The van der Waals surface area contributed by atoms with Crippen molar-refractivity contribution in [2.24, 2.45) is 0 Å². The Morgan fingerprint density at radius 1 is 0.868 bits per heavy atom. The quantitative estimate of drug-likeness (QED) is 0.362. The molecule has 2 aliphatic rings. The number of likely N-dealkylation sites (tertiary alicyclic amines) is 1. The second-order valence-corrected chi connectivity index (χ2v) is 10.5. The topological polar surface area (TPSA) is 70.2 Å². The molecule has 0 amide bonds. The van der Waals surface area contributed by atoms with E-state index < -0.39 is 0 Å². The van der Waals surface area contributed by atoms with Gasteiger partial charge in [0.05, 0.1) is 34.0 Å². The maximum atomic E-state index is 10.6. The normalized spacial score (nSPS) is 18.8. The van der Waals surface area contributed by atoms with Crippen LogP contribution in [0.1, 0.15) is 28.4 Å². The first-order chi connectivity index (χ1) is 18.6. The summed E-state index contributed by atoms with van der Waals surface area (Å²) in [6.07, 6.45) is 0. The molecule has 0 aliphatic carbocycles. The van der Waals surface area contributed by atoms with Crippen LogP contribution < -0.4 is 14.2 Å². The van der Waals surface area contributed by atoms with Crippen LogP contribution in [0.4, 0.5) is 0 Å². The Bertz CT molecular complexity index is 1430. The number of para-hydroxylation sites is 1. The molecular weight excluding hydrogens is 478 g/mol. The zero-order chi connectivity index (χ0) is 26.3. The molecule has 2 N–H and O–H groups in total. The van der Waals surface area contributed by atoms with E-state index in [0.717, 1.165) is 61.2 Å². The van der Waals surface area contributed by atoms with Crippen molar-refractivity contribution in [3.8, 4) is 17.2 Å². The molecule has 1 spiro atoms. The molecule has 198 valence electrons. The summed E-state index contributed by atoms with van der Waals surface area (Å²) >= 11 is 0. The lowest BCUT2D eigenvalue weighted by molar-refractivity contribution is -0.0122. The highest BCUT2D eigenvalue weighted by Crippen LogP contribution is 2.49. The molecule has 3 heterocycles. The summed E-state index contributed by atoms with van der Waals surface area (Å²) in [5, 5.41) is 11.9. The van der Waals surface area contributed by atoms with E-state index in [1.165, 1.54) is 22.1 Å². The average molecular weight is 514 g/mol. The monoisotopic (exact) mass is 513 g/mol. The van der Waals surface area contributed by atoms with Crippen molar-refractivity contribution >= 4 is 10.9 Å². The molecule has 1 saturated heterocycles. The maximum absolute atomic E-state index is 10.6. The first-order valence-corrected chi connectivity index (χ1v) is 13.1. The summed E-state index contributed by atoms with van der Waals surface area (Å²) in [7, 11) is 5.11. The highest BCUT2D eigenvalue weighted by Gasteiger charge is 2.52. The number of ether oxygens (including phenoxy) is 3. The third-order valence-electron chi connectivity index (χ3n) is 8.20. The molecule has 7 nitrogen and oxygen atoms in total. The van der Waals surface area contributed by atoms with Crippen molar-refractivity contribution in [1.82, 2.24) is 14.8 Å². The number of methoxy groups -OCH3 is 3. The van der Waals surface area contributed by atoms with Gasteiger partial charge in [0, 0.05) is 66.4 Å². The Balaban J connectivity index is 1.36. The van der Waals surface area contributed by atoms with Gasteiger partial charge in [0.2, 0.25) is 0 Å². The first-order valence-electron chi connectivity index (χ1n) is 13.1. The summed E-state index contributed by atoms with van der Waals surface area (Å²) in [5.74, 6) is 2.60. The van der Waals surface area contributed by atoms with Crippen LogP contribution in [0.5, 0.6) is 17.2 Å². The smallest absolute Gasteiger partial charge is 0.123 e. The predicted octanol–water partition coefficient (Wildman–Crippen LogP) is 4.50. The van der Waals surface area contributed by atoms with E-state index in [0.29, 0.717) is 0 Å². The minimum atomic E-state index is -0.112. The van der Waals surface area contributed by atoms with Crippen LogP contribution in [0.25, 0.3) is 10.9 Å². The number of benzene rings is 3. The molecular formula is C31H35N3O4. The van der Waals surface area contributed by atoms with E-state index in [-0.39, 0.29) is 18.1 Å². The number of H-pyrrole nitrogens is 1. The Morgan fingerprint density at radius 3 is 2.32 bits per heavy atom. The third kappa shape index (κ3) is 4.21.